The summed E-state index contributed by atoms with van der Waals surface area (Å²) in [7, 11) is 0. The normalized spacial score (nSPS) is 28.4. The van der Waals surface area contributed by atoms with E-state index in [1.165, 1.54) is 0 Å². The van der Waals surface area contributed by atoms with Crippen molar-refractivity contribution in [1.82, 2.24) is 5.32 Å². The lowest BCUT2D eigenvalue weighted by Gasteiger charge is -2.44. The maximum atomic E-state index is 6.07. The van der Waals surface area contributed by atoms with E-state index in [2.05, 4.69) is 12.2 Å². The molecule has 0 radical (unpaired) electrons. The van der Waals surface area contributed by atoms with Crippen molar-refractivity contribution in [2.24, 2.45) is 0 Å². The topological polar surface area (TPSA) is 43.6 Å². The zero-order valence-corrected chi connectivity index (χ0v) is 11.6. The molecule has 2 aliphatic rings. The van der Waals surface area contributed by atoms with Crippen LogP contribution in [0.4, 0.5) is 0 Å². The number of ether oxygens (including phenoxy) is 2. The lowest BCUT2D eigenvalue weighted by molar-refractivity contribution is -0.141. The predicted octanol–water partition coefficient (Wildman–Crippen LogP) is 2.66. The summed E-state index contributed by atoms with van der Waals surface area (Å²) in [5.41, 5.74) is 0.0526. The van der Waals surface area contributed by atoms with Gasteiger partial charge >= 0.3 is 0 Å². The molecule has 0 aromatic carbocycles. The van der Waals surface area contributed by atoms with E-state index >= 15 is 0 Å². The van der Waals surface area contributed by atoms with Gasteiger partial charge in [-0.3, -0.25) is 0 Å². The zero-order chi connectivity index (χ0) is 13.1. The number of hydrogen-bond acceptors (Lipinski definition) is 4. The fourth-order valence-corrected chi connectivity index (χ4v) is 3.24. The lowest BCUT2D eigenvalue weighted by Crippen LogP contribution is -2.50. The average molecular weight is 265 g/mol. The van der Waals surface area contributed by atoms with Gasteiger partial charge in [0, 0.05) is 25.9 Å². The molecule has 1 aromatic rings. The van der Waals surface area contributed by atoms with Crippen LogP contribution < -0.4 is 5.32 Å². The van der Waals surface area contributed by atoms with Crippen molar-refractivity contribution in [2.75, 3.05) is 19.8 Å². The van der Waals surface area contributed by atoms with Crippen molar-refractivity contribution in [3.05, 3.63) is 24.2 Å². The van der Waals surface area contributed by atoms with Crippen LogP contribution in [0.3, 0.4) is 0 Å². The molecule has 0 aliphatic carbocycles. The molecule has 4 heteroatoms. The molecule has 106 valence electrons. The first-order valence-electron chi connectivity index (χ1n) is 7.29. The summed E-state index contributed by atoms with van der Waals surface area (Å²) < 4.78 is 17.0. The summed E-state index contributed by atoms with van der Waals surface area (Å²) in [6.07, 6.45) is 5.95. The van der Waals surface area contributed by atoms with Crippen LogP contribution in [-0.4, -0.2) is 31.5 Å². The first kappa shape index (κ1) is 13.2. The summed E-state index contributed by atoms with van der Waals surface area (Å²) in [6, 6.07) is 4.74. The van der Waals surface area contributed by atoms with Crippen LogP contribution in [-0.2, 0) is 9.47 Å². The van der Waals surface area contributed by atoms with Gasteiger partial charge in [-0.2, -0.15) is 0 Å². The highest BCUT2D eigenvalue weighted by Crippen LogP contribution is 2.34. The van der Waals surface area contributed by atoms with Gasteiger partial charge in [-0.1, -0.05) is 0 Å². The van der Waals surface area contributed by atoms with Crippen molar-refractivity contribution in [3.63, 3.8) is 0 Å². The van der Waals surface area contributed by atoms with E-state index < -0.39 is 0 Å². The number of nitrogens with one attached hydrogen (secondary N) is 1. The molecule has 0 saturated carbocycles. The molecule has 0 bridgehead atoms. The Morgan fingerprint density at radius 1 is 1.32 bits per heavy atom. The zero-order valence-electron chi connectivity index (χ0n) is 11.6. The fraction of sp³-hybridized carbons (Fsp3) is 0.733. The van der Waals surface area contributed by atoms with Crippen LogP contribution in [0.25, 0.3) is 0 Å². The Balaban J connectivity index is 1.59. The van der Waals surface area contributed by atoms with Gasteiger partial charge in [0.2, 0.25) is 0 Å². The molecule has 1 spiro atoms. The molecule has 0 amide bonds. The molecule has 1 unspecified atom stereocenters. The third-order valence-electron chi connectivity index (χ3n) is 4.35. The van der Waals surface area contributed by atoms with Gasteiger partial charge in [-0.05, 0) is 44.7 Å². The van der Waals surface area contributed by atoms with E-state index in [1.54, 1.807) is 6.26 Å². The Bertz CT molecular complexity index is 379. The molecule has 1 aromatic heterocycles. The maximum Gasteiger partial charge on any atom is 0.120 e. The molecule has 19 heavy (non-hydrogen) atoms. The number of hydrogen-bond donors (Lipinski definition) is 1. The predicted molar refractivity (Wildman–Crippen MR) is 72.0 cm³/mol. The largest absolute Gasteiger partial charge is 0.468 e. The number of furan rings is 1. The van der Waals surface area contributed by atoms with Crippen molar-refractivity contribution in [1.29, 1.82) is 0 Å². The minimum Gasteiger partial charge on any atom is -0.468 e. The highest BCUT2D eigenvalue weighted by molar-refractivity contribution is 5.04. The van der Waals surface area contributed by atoms with Gasteiger partial charge in [-0.25, -0.2) is 0 Å². The number of rotatable bonds is 3. The third kappa shape index (κ3) is 3.02. The van der Waals surface area contributed by atoms with Crippen molar-refractivity contribution < 1.29 is 13.9 Å². The Labute approximate surface area is 114 Å². The van der Waals surface area contributed by atoms with Crippen molar-refractivity contribution in [2.45, 2.75) is 50.3 Å². The molecule has 2 fully saturated rings. The Morgan fingerprint density at radius 2 is 2.16 bits per heavy atom. The summed E-state index contributed by atoms with van der Waals surface area (Å²) in [4.78, 5) is 0. The van der Waals surface area contributed by atoms with Gasteiger partial charge in [-0.15, -0.1) is 0 Å². The van der Waals surface area contributed by atoms with E-state index in [0.29, 0.717) is 6.04 Å². The standard InChI is InChI=1S/C15H23NO3/c1-12(14-3-2-7-18-14)16-13-4-8-19-15(11-13)5-9-17-10-6-15/h2-3,7,12-13,16H,4-6,8-11H2,1H3/t12-,13?/m1/s1. The monoisotopic (exact) mass is 265 g/mol. The highest BCUT2D eigenvalue weighted by atomic mass is 16.5. The molecule has 2 aliphatic heterocycles. The lowest BCUT2D eigenvalue weighted by atomic mass is 9.84. The van der Waals surface area contributed by atoms with Crippen LogP contribution in [0.1, 0.15) is 44.4 Å². The van der Waals surface area contributed by atoms with Crippen molar-refractivity contribution >= 4 is 0 Å². The summed E-state index contributed by atoms with van der Waals surface area (Å²) in [5, 5.41) is 3.68. The first-order chi connectivity index (χ1) is 9.27. The Kier molecular flexibility index (Phi) is 3.91. The van der Waals surface area contributed by atoms with Crippen LogP contribution in [0.5, 0.6) is 0 Å². The van der Waals surface area contributed by atoms with E-state index in [4.69, 9.17) is 13.9 Å². The fourth-order valence-electron chi connectivity index (χ4n) is 3.24. The second kappa shape index (κ2) is 5.65. The molecule has 3 rings (SSSR count). The van der Waals surface area contributed by atoms with Crippen LogP contribution in [0.2, 0.25) is 0 Å². The quantitative estimate of drug-likeness (QED) is 0.912. The SMILES string of the molecule is C[C@@H](NC1CCOC2(CCOCC2)C1)c1ccco1. The van der Waals surface area contributed by atoms with E-state index in [-0.39, 0.29) is 11.6 Å². The molecule has 2 atom stereocenters. The highest BCUT2D eigenvalue weighted by Gasteiger charge is 2.39. The minimum atomic E-state index is 0.0526. The molecular weight excluding hydrogens is 242 g/mol. The molecule has 4 nitrogen and oxygen atoms in total. The van der Waals surface area contributed by atoms with Crippen LogP contribution in [0, 0.1) is 0 Å². The minimum absolute atomic E-state index is 0.0526. The van der Waals surface area contributed by atoms with E-state index in [0.717, 1.165) is 51.3 Å². The Morgan fingerprint density at radius 3 is 2.89 bits per heavy atom. The van der Waals surface area contributed by atoms with Gasteiger partial charge in [0.25, 0.3) is 0 Å². The molecule has 1 N–H and O–H groups in total. The van der Waals surface area contributed by atoms with Gasteiger partial charge < -0.3 is 19.2 Å². The Hall–Kier alpha value is -0.840. The van der Waals surface area contributed by atoms with E-state index in [1.807, 2.05) is 12.1 Å². The average Bonchev–Trinajstić information content (AvgIpc) is 2.93. The summed E-state index contributed by atoms with van der Waals surface area (Å²) in [6.45, 7) is 4.68. The smallest absolute Gasteiger partial charge is 0.120 e. The molecule has 2 saturated heterocycles. The van der Waals surface area contributed by atoms with Gasteiger partial charge in [0.1, 0.15) is 5.76 Å². The van der Waals surface area contributed by atoms with Crippen molar-refractivity contribution in [3.8, 4) is 0 Å². The second-order valence-corrected chi connectivity index (χ2v) is 5.74. The molecule has 3 heterocycles. The summed E-state index contributed by atoms with van der Waals surface area (Å²) in [5.74, 6) is 1.01. The maximum absolute atomic E-state index is 6.07. The first-order valence-corrected chi connectivity index (χ1v) is 7.29. The molecular formula is C15H23NO3. The van der Waals surface area contributed by atoms with E-state index in [9.17, 15) is 0 Å². The summed E-state index contributed by atoms with van der Waals surface area (Å²) >= 11 is 0. The second-order valence-electron chi connectivity index (χ2n) is 5.74. The van der Waals surface area contributed by atoms with Gasteiger partial charge in [0.15, 0.2) is 0 Å². The van der Waals surface area contributed by atoms with Crippen LogP contribution >= 0.6 is 0 Å². The van der Waals surface area contributed by atoms with Gasteiger partial charge in [0.05, 0.1) is 17.9 Å². The third-order valence-corrected chi connectivity index (χ3v) is 4.35. The van der Waals surface area contributed by atoms with Crippen LogP contribution in [0.15, 0.2) is 22.8 Å².